The van der Waals surface area contributed by atoms with Crippen molar-refractivity contribution in [1.82, 2.24) is 4.98 Å². The van der Waals surface area contributed by atoms with Gasteiger partial charge in [-0.3, -0.25) is 0 Å². The monoisotopic (exact) mass is 231 g/mol. The number of para-hydroxylation sites is 1. The Hall–Kier alpha value is -2.10. The molecule has 2 aromatic rings. The average Bonchev–Trinajstić information content (AvgIpc) is 2.33. The fourth-order valence-electron chi connectivity index (χ4n) is 1.72. The molecule has 0 amide bonds. The number of hydrogen-bond donors (Lipinski definition) is 1. The van der Waals surface area contributed by atoms with Crippen molar-refractivity contribution < 1.29 is 4.39 Å². The summed E-state index contributed by atoms with van der Waals surface area (Å²) in [7, 11) is 0. The highest BCUT2D eigenvalue weighted by Crippen LogP contribution is 2.26. The van der Waals surface area contributed by atoms with E-state index >= 15 is 0 Å². The third kappa shape index (κ3) is 2.36. The molecule has 2 rings (SSSR count). The van der Waals surface area contributed by atoms with Gasteiger partial charge in [-0.25, -0.2) is 9.37 Å². The molecule has 4 heteroatoms. The van der Waals surface area contributed by atoms with E-state index in [0.717, 1.165) is 0 Å². The van der Waals surface area contributed by atoms with E-state index in [2.05, 4.69) is 4.98 Å². The minimum Gasteiger partial charge on any atom is -0.384 e. The second-order valence-electron chi connectivity index (χ2n) is 3.62. The van der Waals surface area contributed by atoms with Crippen molar-refractivity contribution >= 4 is 17.3 Å². The molecule has 1 aromatic heterocycles. The molecule has 0 atom stereocenters. The van der Waals surface area contributed by atoms with Gasteiger partial charge in [0.1, 0.15) is 17.5 Å². The lowest BCUT2D eigenvalue weighted by Gasteiger charge is -2.22. The first kappa shape index (κ1) is 11.4. The molecule has 0 saturated heterocycles. The number of benzene rings is 1. The van der Waals surface area contributed by atoms with Crippen molar-refractivity contribution in [2.45, 2.75) is 6.92 Å². The van der Waals surface area contributed by atoms with Gasteiger partial charge < -0.3 is 10.6 Å². The maximum absolute atomic E-state index is 13.7. The number of hydrogen-bond acceptors (Lipinski definition) is 3. The Morgan fingerprint density at radius 3 is 2.59 bits per heavy atom. The molecule has 0 aliphatic rings. The molecule has 0 saturated carbocycles. The van der Waals surface area contributed by atoms with Gasteiger partial charge in [0.05, 0.1) is 5.69 Å². The predicted octanol–water partition coefficient (Wildman–Crippen LogP) is 2.96. The number of rotatable bonds is 3. The second kappa shape index (κ2) is 4.82. The normalized spacial score (nSPS) is 10.2. The van der Waals surface area contributed by atoms with Gasteiger partial charge in [-0.1, -0.05) is 18.2 Å². The van der Waals surface area contributed by atoms with Crippen LogP contribution in [0.3, 0.4) is 0 Å². The molecule has 88 valence electrons. The fourth-order valence-corrected chi connectivity index (χ4v) is 1.72. The molecular weight excluding hydrogens is 217 g/mol. The first-order valence-corrected chi connectivity index (χ1v) is 5.47. The van der Waals surface area contributed by atoms with Crippen LogP contribution in [0.15, 0.2) is 42.5 Å². The second-order valence-corrected chi connectivity index (χ2v) is 3.62. The summed E-state index contributed by atoms with van der Waals surface area (Å²) in [5.41, 5.74) is 6.14. The molecule has 0 aliphatic heterocycles. The van der Waals surface area contributed by atoms with Crippen LogP contribution in [0.25, 0.3) is 0 Å². The highest BCUT2D eigenvalue weighted by Gasteiger charge is 2.12. The number of nitrogens with two attached hydrogens (primary N) is 1. The summed E-state index contributed by atoms with van der Waals surface area (Å²) in [4.78, 5) is 5.98. The van der Waals surface area contributed by atoms with Crippen molar-refractivity contribution in [3.63, 3.8) is 0 Å². The van der Waals surface area contributed by atoms with Gasteiger partial charge in [0, 0.05) is 6.54 Å². The Balaban J connectivity index is 2.44. The highest BCUT2D eigenvalue weighted by molar-refractivity contribution is 5.61. The summed E-state index contributed by atoms with van der Waals surface area (Å²) < 4.78 is 13.7. The maximum atomic E-state index is 13.7. The summed E-state index contributed by atoms with van der Waals surface area (Å²) in [6.07, 6.45) is 0. The standard InChI is InChI=1S/C13H14FN3/c1-2-17(11-7-4-3-6-10(11)14)13-9-5-8-12(15)16-13/h3-9H,2H2,1H3,(H2,15,16). The van der Waals surface area contributed by atoms with Gasteiger partial charge >= 0.3 is 0 Å². The van der Waals surface area contributed by atoms with Crippen LogP contribution in [0.2, 0.25) is 0 Å². The lowest BCUT2D eigenvalue weighted by Crippen LogP contribution is -2.18. The van der Waals surface area contributed by atoms with Crippen LogP contribution in [-0.4, -0.2) is 11.5 Å². The topological polar surface area (TPSA) is 42.1 Å². The number of anilines is 3. The van der Waals surface area contributed by atoms with E-state index in [0.29, 0.717) is 23.9 Å². The Morgan fingerprint density at radius 2 is 1.94 bits per heavy atom. The van der Waals surface area contributed by atoms with Crippen molar-refractivity contribution in [3.8, 4) is 0 Å². The van der Waals surface area contributed by atoms with Gasteiger partial charge in [0.25, 0.3) is 0 Å². The SMILES string of the molecule is CCN(c1cccc(N)n1)c1ccccc1F. The number of aromatic nitrogens is 1. The van der Waals surface area contributed by atoms with Crippen LogP contribution in [0.5, 0.6) is 0 Å². The predicted molar refractivity (Wildman–Crippen MR) is 67.7 cm³/mol. The molecule has 1 heterocycles. The van der Waals surface area contributed by atoms with Gasteiger partial charge in [0.2, 0.25) is 0 Å². The molecule has 17 heavy (non-hydrogen) atoms. The van der Waals surface area contributed by atoms with Gasteiger partial charge in [-0.2, -0.15) is 0 Å². The zero-order chi connectivity index (χ0) is 12.3. The molecule has 0 fully saturated rings. The maximum Gasteiger partial charge on any atom is 0.146 e. The number of nitrogens with zero attached hydrogens (tertiary/aromatic N) is 2. The third-order valence-electron chi connectivity index (χ3n) is 2.49. The van der Waals surface area contributed by atoms with Crippen LogP contribution < -0.4 is 10.6 Å². The zero-order valence-corrected chi connectivity index (χ0v) is 9.60. The van der Waals surface area contributed by atoms with Crippen molar-refractivity contribution in [2.75, 3.05) is 17.2 Å². The highest BCUT2D eigenvalue weighted by atomic mass is 19.1. The van der Waals surface area contributed by atoms with Crippen LogP contribution in [0.1, 0.15) is 6.92 Å². The van der Waals surface area contributed by atoms with E-state index < -0.39 is 0 Å². The van der Waals surface area contributed by atoms with Crippen molar-refractivity contribution in [2.24, 2.45) is 0 Å². The van der Waals surface area contributed by atoms with Crippen LogP contribution in [0.4, 0.5) is 21.7 Å². The average molecular weight is 231 g/mol. The smallest absolute Gasteiger partial charge is 0.146 e. The molecule has 0 radical (unpaired) electrons. The van der Waals surface area contributed by atoms with Crippen LogP contribution in [0, 0.1) is 5.82 Å². The minimum absolute atomic E-state index is 0.265. The number of pyridine rings is 1. The number of nitrogen functional groups attached to an aromatic ring is 1. The molecule has 0 unspecified atom stereocenters. The summed E-state index contributed by atoms with van der Waals surface area (Å²) in [5.74, 6) is 0.813. The first-order valence-electron chi connectivity index (χ1n) is 5.47. The zero-order valence-electron chi connectivity index (χ0n) is 9.60. The summed E-state index contributed by atoms with van der Waals surface area (Å²) >= 11 is 0. The third-order valence-corrected chi connectivity index (χ3v) is 2.49. The van der Waals surface area contributed by atoms with Gasteiger partial charge in [-0.05, 0) is 31.2 Å². The molecule has 2 N–H and O–H groups in total. The van der Waals surface area contributed by atoms with Crippen molar-refractivity contribution in [3.05, 3.63) is 48.3 Å². The van der Waals surface area contributed by atoms with E-state index in [1.54, 1.807) is 35.2 Å². The Labute approximate surface area is 99.7 Å². The summed E-state index contributed by atoms with van der Waals surface area (Å²) in [6.45, 7) is 2.56. The van der Waals surface area contributed by atoms with Gasteiger partial charge in [-0.15, -0.1) is 0 Å². The van der Waals surface area contributed by atoms with E-state index in [-0.39, 0.29) is 5.82 Å². The summed E-state index contributed by atoms with van der Waals surface area (Å²) in [6, 6.07) is 12.0. The van der Waals surface area contributed by atoms with Crippen LogP contribution >= 0.6 is 0 Å². The molecule has 0 aliphatic carbocycles. The minimum atomic E-state index is -0.265. The first-order chi connectivity index (χ1) is 8.22. The largest absolute Gasteiger partial charge is 0.384 e. The molecule has 0 spiro atoms. The quantitative estimate of drug-likeness (QED) is 0.883. The number of halogens is 1. The van der Waals surface area contributed by atoms with Crippen molar-refractivity contribution in [1.29, 1.82) is 0 Å². The lowest BCUT2D eigenvalue weighted by molar-refractivity contribution is 0.625. The van der Waals surface area contributed by atoms with Gasteiger partial charge in [0.15, 0.2) is 0 Å². The van der Waals surface area contributed by atoms with E-state index in [4.69, 9.17) is 5.73 Å². The van der Waals surface area contributed by atoms with E-state index in [1.165, 1.54) is 6.07 Å². The molecule has 3 nitrogen and oxygen atoms in total. The molecule has 0 bridgehead atoms. The molecular formula is C13H14FN3. The van der Waals surface area contributed by atoms with Crippen LogP contribution in [-0.2, 0) is 0 Å². The Kier molecular flexibility index (Phi) is 3.23. The Bertz CT molecular complexity index is 514. The molecule has 1 aromatic carbocycles. The Morgan fingerprint density at radius 1 is 1.18 bits per heavy atom. The van der Waals surface area contributed by atoms with E-state index in [9.17, 15) is 4.39 Å². The summed E-state index contributed by atoms with van der Waals surface area (Å²) in [5, 5.41) is 0. The van der Waals surface area contributed by atoms with E-state index in [1.807, 2.05) is 13.0 Å². The lowest BCUT2D eigenvalue weighted by atomic mass is 10.2. The fraction of sp³-hybridized carbons (Fsp3) is 0.154.